The molecular formula is C41H24N2O. The molecule has 0 bridgehead atoms. The van der Waals surface area contributed by atoms with Gasteiger partial charge in [0.1, 0.15) is 5.52 Å². The van der Waals surface area contributed by atoms with E-state index in [2.05, 4.69) is 114 Å². The summed E-state index contributed by atoms with van der Waals surface area (Å²) in [4.78, 5) is 5.00. The van der Waals surface area contributed by atoms with Gasteiger partial charge in [-0.3, -0.25) is 0 Å². The number of nitrogens with zero attached hydrogens (tertiary/aromatic N) is 2. The van der Waals surface area contributed by atoms with Crippen LogP contribution in [0.1, 0.15) is 0 Å². The van der Waals surface area contributed by atoms with Crippen molar-refractivity contribution in [1.29, 1.82) is 0 Å². The highest BCUT2D eigenvalue weighted by Gasteiger charge is 2.18. The molecule has 0 atom stereocenters. The van der Waals surface area contributed by atoms with E-state index < -0.39 is 0 Å². The fourth-order valence-electron chi connectivity index (χ4n) is 7.20. The Morgan fingerprint density at radius 3 is 1.77 bits per heavy atom. The Morgan fingerprint density at radius 1 is 0.455 bits per heavy atom. The van der Waals surface area contributed by atoms with Gasteiger partial charge in [-0.25, -0.2) is 4.98 Å². The molecule has 3 heteroatoms. The molecule has 0 radical (unpaired) electrons. The Kier molecular flexibility index (Phi) is 4.72. The van der Waals surface area contributed by atoms with Crippen LogP contribution in [0.2, 0.25) is 0 Å². The zero-order valence-corrected chi connectivity index (χ0v) is 23.7. The van der Waals surface area contributed by atoms with E-state index in [0.717, 1.165) is 33.1 Å². The van der Waals surface area contributed by atoms with Crippen LogP contribution in [-0.2, 0) is 0 Å². The standard InChI is InChI=1S/C41H24N2O/c1-2-10-28(11-3-1)41-42-40-36(44-41)23-18-27-14-15-29-24-30(19-20-33(29)37(27)40)43-34-21-16-25-8-4-6-12-31(25)38(34)39-32-13-7-5-9-26(32)17-22-35(39)43/h1-24H. The maximum absolute atomic E-state index is 6.25. The van der Waals surface area contributed by atoms with Crippen LogP contribution in [0.5, 0.6) is 0 Å². The van der Waals surface area contributed by atoms with Crippen molar-refractivity contribution in [2.24, 2.45) is 0 Å². The van der Waals surface area contributed by atoms with E-state index in [-0.39, 0.29) is 0 Å². The number of aromatic nitrogens is 2. The summed E-state index contributed by atoms with van der Waals surface area (Å²) in [6.45, 7) is 0. The van der Waals surface area contributed by atoms with Crippen molar-refractivity contribution in [3.8, 4) is 17.1 Å². The van der Waals surface area contributed by atoms with E-state index in [1.807, 2.05) is 36.4 Å². The lowest BCUT2D eigenvalue weighted by Crippen LogP contribution is -1.94. The maximum atomic E-state index is 6.25. The Labute approximate surface area is 252 Å². The minimum atomic E-state index is 0.645. The lowest BCUT2D eigenvalue weighted by atomic mass is 10.00. The van der Waals surface area contributed by atoms with Gasteiger partial charge in [-0.05, 0) is 80.2 Å². The Bertz CT molecular complexity index is 2670. The van der Waals surface area contributed by atoms with E-state index in [1.165, 1.54) is 54.1 Å². The number of benzene rings is 8. The van der Waals surface area contributed by atoms with Crippen LogP contribution in [0.3, 0.4) is 0 Å². The molecule has 0 saturated heterocycles. The summed E-state index contributed by atoms with van der Waals surface area (Å²) in [6.07, 6.45) is 0. The van der Waals surface area contributed by atoms with Gasteiger partial charge >= 0.3 is 0 Å². The Hall–Kier alpha value is -5.93. The number of rotatable bonds is 2. The highest BCUT2D eigenvalue weighted by molar-refractivity contribution is 6.28. The van der Waals surface area contributed by atoms with E-state index in [9.17, 15) is 0 Å². The van der Waals surface area contributed by atoms with Crippen LogP contribution < -0.4 is 0 Å². The van der Waals surface area contributed by atoms with Gasteiger partial charge in [-0.2, -0.15) is 0 Å². The third-order valence-corrected chi connectivity index (χ3v) is 9.16. The predicted octanol–water partition coefficient (Wildman–Crippen LogP) is 11.2. The topological polar surface area (TPSA) is 31.0 Å². The monoisotopic (exact) mass is 560 g/mol. The van der Waals surface area contributed by atoms with Gasteiger partial charge in [0.15, 0.2) is 5.58 Å². The summed E-state index contributed by atoms with van der Waals surface area (Å²) in [7, 11) is 0. The highest BCUT2D eigenvalue weighted by Crippen LogP contribution is 2.41. The fraction of sp³-hybridized carbons (Fsp3) is 0. The first-order chi connectivity index (χ1) is 21.8. The van der Waals surface area contributed by atoms with Gasteiger partial charge in [0, 0.05) is 27.4 Å². The third-order valence-electron chi connectivity index (χ3n) is 9.16. The number of hydrogen-bond acceptors (Lipinski definition) is 2. The first kappa shape index (κ1) is 23.6. The molecule has 0 aliphatic heterocycles. The zero-order chi connectivity index (χ0) is 28.8. The second-order valence-corrected chi connectivity index (χ2v) is 11.6. The smallest absolute Gasteiger partial charge is 0.227 e. The molecule has 0 fully saturated rings. The first-order valence-electron chi connectivity index (χ1n) is 15.0. The number of hydrogen-bond donors (Lipinski definition) is 0. The van der Waals surface area contributed by atoms with Crippen LogP contribution in [0.25, 0.3) is 93.1 Å². The molecule has 3 nitrogen and oxygen atoms in total. The van der Waals surface area contributed by atoms with E-state index in [0.29, 0.717) is 5.89 Å². The van der Waals surface area contributed by atoms with Crippen molar-refractivity contribution in [1.82, 2.24) is 9.55 Å². The molecule has 2 heterocycles. The molecule has 2 aromatic heterocycles. The summed E-state index contributed by atoms with van der Waals surface area (Å²) >= 11 is 0. The van der Waals surface area contributed by atoms with Crippen LogP contribution in [-0.4, -0.2) is 9.55 Å². The van der Waals surface area contributed by atoms with Gasteiger partial charge in [0.2, 0.25) is 5.89 Å². The summed E-state index contributed by atoms with van der Waals surface area (Å²) in [5.41, 5.74) is 6.23. The normalized spacial score (nSPS) is 12.1. The lowest BCUT2D eigenvalue weighted by Gasteiger charge is -2.11. The van der Waals surface area contributed by atoms with Crippen molar-refractivity contribution in [3.05, 3.63) is 146 Å². The summed E-state index contributed by atoms with van der Waals surface area (Å²) in [5, 5.41) is 12.3. The molecule has 10 rings (SSSR count). The largest absolute Gasteiger partial charge is 0.436 e. The minimum Gasteiger partial charge on any atom is -0.436 e. The van der Waals surface area contributed by atoms with Crippen LogP contribution in [0.4, 0.5) is 0 Å². The van der Waals surface area contributed by atoms with Crippen molar-refractivity contribution >= 4 is 76.0 Å². The van der Waals surface area contributed by atoms with Gasteiger partial charge in [0.25, 0.3) is 0 Å². The van der Waals surface area contributed by atoms with Crippen molar-refractivity contribution < 1.29 is 4.42 Å². The van der Waals surface area contributed by atoms with Gasteiger partial charge in [-0.15, -0.1) is 0 Å². The molecule has 8 aromatic carbocycles. The Balaban J connectivity index is 1.27. The molecule has 0 spiro atoms. The van der Waals surface area contributed by atoms with E-state index >= 15 is 0 Å². The summed E-state index contributed by atoms with van der Waals surface area (Å²) in [5.74, 6) is 0.645. The second-order valence-electron chi connectivity index (χ2n) is 11.6. The summed E-state index contributed by atoms with van der Waals surface area (Å²) in [6, 6.07) is 52.0. The van der Waals surface area contributed by atoms with Crippen molar-refractivity contribution in [2.75, 3.05) is 0 Å². The molecule has 0 aliphatic carbocycles. The fourth-order valence-corrected chi connectivity index (χ4v) is 7.20. The average Bonchev–Trinajstić information content (AvgIpc) is 3.68. The molecule has 0 amide bonds. The van der Waals surface area contributed by atoms with Gasteiger partial charge < -0.3 is 8.98 Å². The molecule has 10 aromatic rings. The van der Waals surface area contributed by atoms with E-state index in [1.54, 1.807) is 0 Å². The van der Waals surface area contributed by atoms with Gasteiger partial charge in [0.05, 0.1) is 11.0 Å². The first-order valence-corrected chi connectivity index (χ1v) is 15.0. The predicted molar refractivity (Wildman–Crippen MR) is 184 cm³/mol. The molecule has 0 N–H and O–H groups in total. The molecule has 0 aliphatic rings. The minimum absolute atomic E-state index is 0.645. The molecule has 44 heavy (non-hydrogen) atoms. The van der Waals surface area contributed by atoms with Crippen LogP contribution >= 0.6 is 0 Å². The molecule has 0 saturated carbocycles. The van der Waals surface area contributed by atoms with E-state index in [4.69, 9.17) is 9.40 Å². The highest BCUT2D eigenvalue weighted by atomic mass is 16.3. The third kappa shape index (κ3) is 3.24. The Morgan fingerprint density at radius 2 is 1.05 bits per heavy atom. The zero-order valence-electron chi connectivity index (χ0n) is 23.7. The quantitative estimate of drug-likeness (QED) is 0.197. The molecule has 204 valence electrons. The molecular weight excluding hydrogens is 536 g/mol. The lowest BCUT2D eigenvalue weighted by molar-refractivity contribution is 0.620. The SMILES string of the molecule is c1ccc(-c2nc3c(ccc4ccc5cc(-n6c7ccc8ccccc8c7c7c8ccccc8ccc76)ccc5c43)o2)cc1. The van der Waals surface area contributed by atoms with Crippen molar-refractivity contribution in [3.63, 3.8) is 0 Å². The second kappa shape index (κ2) is 8.79. The van der Waals surface area contributed by atoms with Crippen molar-refractivity contribution in [2.45, 2.75) is 0 Å². The van der Waals surface area contributed by atoms with Crippen LogP contribution in [0, 0.1) is 0 Å². The van der Waals surface area contributed by atoms with Gasteiger partial charge in [-0.1, -0.05) is 103 Å². The number of fused-ring (bicyclic) bond motifs is 12. The summed E-state index contributed by atoms with van der Waals surface area (Å²) < 4.78 is 8.67. The number of oxazole rings is 1. The average molecular weight is 561 g/mol. The van der Waals surface area contributed by atoms with Crippen LogP contribution in [0.15, 0.2) is 150 Å². The maximum Gasteiger partial charge on any atom is 0.227 e. The molecule has 0 unspecified atom stereocenters.